The number of carbonyl (C=O) groups excluding carboxylic acids is 1. The van der Waals surface area contributed by atoms with Crippen LogP contribution in [0.1, 0.15) is 81.6 Å². The zero-order valence-corrected chi connectivity index (χ0v) is 21.5. The van der Waals surface area contributed by atoms with Crippen LogP contribution < -0.4 is 10.3 Å². The summed E-state index contributed by atoms with van der Waals surface area (Å²) in [7, 11) is 0. The molecule has 0 unspecified atom stereocenters. The van der Waals surface area contributed by atoms with Gasteiger partial charge in [-0.2, -0.15) is 18.3 Å². The predicted octanol–water partition coefficient (Wildman–Crippen LogP) is 5.52. The molecule has 1 fully saturated rings. The number of likely N-dealkylation sites (tertiary alicyclic amines) is 1. The van der Waals surface area contributed by atoms with Crippen LogP contribution in [0.25, 0.3) is 0 Å². The van der Waals surface area contributed by atoms with E-state index in [0.717, 1.165) is 57.3 Å². The number of carbonyl (C=O) groups is 1. The number of nitrogens with one attached hydrogen (secondary N) is 1. The van der Waals surface area contributed by atoms with Crippen molar-refractivity contribution < 1.29 is 27.2 Å². The number of aromatic amines is 1. The Bertz CT molecular complexity index is 1100. The Labute approximate surface area is 214 Å². The first kappa shape index (κ1) is 27.3. The number of rotatable bonds is 9. The van der Waals surface area contributed by atoms with Gasteiger partial charge < -0.3 is 19.1 Å². The van der Waals surface area contributed by atoms with Crippen LogP contribution in [0.5, 0.6) is 5.75 Å². The molecular weight excluding hydrogens is 487 g/mol. The summed E-state index contributed by atoms with van der Waals surface area (Å²) in [6, 6.07) is 5.17. The fraction of sp³-hybridized carbons (Fsp3) is 0.630. The van der Waals surface area contributed by atoms with E-state index in [0.29, 0.717) is 35.8 Å². The lowest BCUT2D eigenvalue weighted by Gasteiger charge is -2.37. The molecule has 0 aliphatic carbocycles. The molecule has 1 N–H and O–H groups in total. The first-order valence-corrected chi connectivity index (χ1v) is 13.1. The van der Waals surface area contributed by atoms with Gasteiger partial charge in [0.05, 0.1) is 12.1 Å². The van der Waals surface area contributed by atoms with E-state index >= 15 is 0 Å². The maximum Gasteiger partial charge on any atom is 0.416 e. The van der Waals surface area contributed by atoms with Gasteiger partial charge in [0.1, 0.15) is 11.5 Å². The van der Waals surface area contributed by atoms with Crippen LogP contribution in [0.3, 0.4) is 0 Å². The van der Waals surface area contributed by atoms with Crippen LogP contribution in [0.15, 0.2) is 33.6 Å². The molecule has 2 aromatic rings. The molecule has 0 radical (unpaired) electrons. The quantitative estimate of drug-likeness (QED) is 0.468. The van der Waals surface area contributed by atoms with Gasteiger partial charge in [0.25, 0.3) is 5.56 Å². The van der Waals surface area contributed by atoms with Crippen molar-refractivity contribution in [3.05, 3.63) is 51.5 Å². The molecule has 7 nitrogen and oxygen atoms in total. The number of benzene rings is 1. The van der Waals surface area contributed by atoms with Gasteiger partial charge in [0, 0.05) is 30.0 Å². The van der Waals surface area contributed by atoms with Crippen LogP contribution in [0.4, 0.5) is 13.2 Å². The van der Waals surface area contributed by atoms with E-state index in [1.54, 1.807) is 0 Å². The predicted molar refractivity (Wildman–Crippen MR) is 132 cm³/mol. The molecule has 2 aliphatic heterocycles. The highest BCUT2D eigenvalue weighted by Crippen LogP contribution is 2.35. The Morgan fingerprint density at radius 1 is 1.14 bits per heavy atom. The summed E-state index contributed by atoms with van der Waals surface area (Å²) >= 11 is 0. The first-order chi connectivity index (χ1) is 17.6. The van der Waals surface area contributed by atoms with Gasteiger partial charge in [-0.05, 0) is 62.9 Å². The zero-order valence-electron chi connectivity index (χ0n) is 21.5. The second kappa shape index (κ2) is 11.8. The van der Waals surface area contributed by atoms with E-state index < -0.39 is 11.7 Å². The maximum atomic E-state index is 13.1. The SMILES string of the molecule is CC(C)CCC[C@H](CCC(=O)N1COc2ccc(C(F)(F)F)cc2C1)N1CCC(c2cc(=O)[nH]o2)CC1. The van der Waals surface area contributed by atoms with Gasteiger partial charge in [-0.25, -0.2) is 0 Å². The Morgan fingerprint density at radius 3 is 2.54 bits per heavy atom. The van der Waals surface area contributed by atoms with Gasteiger partial charge in [-0.1, -0.05) is 26.7 Å². The number of ether oxygens (including phenoxy) is 1. The third-order valence-electron chi connectivity index (χ3n) is 7.48. The third kappa shape index (κ3) is 7.18. The lowest BCUT2D eigenvalue weighted by molar-refractivity contribution is -0.137. The Hall–Kier alpha value is -2.75. The van der Waals surface area contributed by atoms with Gasteiger partial charge in [-0.3, -0.25) is 9.59 Å². The Kier molecular flexibility index (Phi) is 8.67. The summed E-state index contributed by atoms with van der Waals surface area (Å²) in [5.74, 6) is 1.80. The second-order valence-electron chi connectivity index (χ2n) is 10.6. The number of halogens is 3. The summed E-state index contributed by atoms with van der Waals surface area (Å²) in [5.41, 5.74) is -0.584. The van der Waals surface area contributed by atoms with Crippen LogP contribution in [0.2, 0.25) is 0 Å². The molecule has 4 rings (SSSR count). The lowest BCUT2D eigenvalue weighted by atomic mass is 9.91. The number of fused-ring (bicyclic) bond motifs is 1. The summed E-state index contributed by atoms with van der Waals surface area (Å²) in [4.78, 5) is 28.4. The molecular formula is C27H36F3N3O4. The summed E-state index contributed by atoms with van der Waals surface area (Å²) in [6.07, 6.45) is 1.51. The number of amides is 1. The summed E-state index contributed by atoms with van der Waals surface area (Å²) < 4.78 is 50.3. The van der Waals surface area contributed by atoms with Gasteiger partial charge >= 0.3 is 6.18 Å². The van der Waals surface area contributed by atoms with Crippen molar-refractivity contribution >= 4 is 5.91 Å². The average Bonchev–Trinajstić information content (AvgIpc) is 3.30. The standard InChI is InChI=1S/C27H36F3N3O4/c1-18(2)4-3-5-22(32-12-10-19(11-13-32)24-15-25(34)31-37-24)7-9-26(35)33-16-20-14-21(27(28,29)30)6-8-23(20)36-17-33/h6,8,14-15,18-19,22H,3-5,7,9-13,16-17H2,1-2H3,(H,31,34)/t22-/m1/s1. The van der Waals surface area contributed by atoms with Crippen molar-refractivity contribution in [1.29, 1.82) is 0 Å². The fourth-order valence-electron chi connectivity index (χ4n) is 5.35. The topological polar surface area (TPSA) is 78.8 Å². The van der Waals surface area contributed by atoms with E-state index in [4.69, 9.17) is 9.26 Å². The van der Waals surface area contributed by atoms with Crippen molar-refractivity contribution in [2.24, 2.45) is 5.92 Å². The highest BCUT2D eigenvalue weighted by Gasteiger charge is 2.33. The molecule has 0 spiro atoms. The fourth-order valence-corrected chi connectivity index (χ4v) is 5.35. The van der Waals surface area contributed by atoms with E-state index in [1.165, 1.54) is 17.0 Å². The number of aromatic nitrogens is 1. The normalized spacial score (nSPS) is 18.1. The summed E-state index contributed by atoms with van der Waals surface area (Å²) in [6.45, 7) is 6.28. The monoisotopic (exact) mass is 523 g/mol. The number of hydrogen-bond acceptors (Lipinski definition) is 5. The number of hydrogen-bond donors (Lipinski definition) is 1. The van der Waals surface area contributed by atoms with E-state index in [-0.39, 0.29) is 36.7 Å². The van der Waals surface area contributed by atoms with Gasteiger partial charge in [0.2, 0.25) is 5.91 Å². The van der Waals surface area contributed by atoms with Crippen molar-refractivity contribution in [1.82, 2.24) is 15.0 Å². The van der Waals surface area contributed by atoms with Crippen LogP contribution in [0, 0.1) is 5.92 Å². The van der Waals surface area contributed by atoms with Crippen LogP contribution in [-0.4, -0.2) is 46.7 Å². The van der Waals surface area contributed by atoms with E-state index in [9.17, 15) is 22.8 Å². The maximum absolute atomic E-state index is 13.1. The van der Waals surface area contributed by atoms with Gasteiger partial charge in [0.15, 0.2) is 6.73 Å². The molecule has 2 aliphatic rings. The lowest BCUT2D eigenvalue weighted by Crippen LogP contribution is -2.42. The molecule has 1 amide bonds. The van der Waals surface area contributed by atoms with Crippen molar-refractivity contribution in [3.8, 4) is 5.75 Å². The molecule has 10 heteroatoms. The minimum Gasteiger partial charge on any atom is -0.473 e. The highest BCUT2D eigenvalue weighted by atomic mass is 19.4. The second-order valence-corrected chi connectivity index (χ2v) is 10.6. The minimum atomic E-state index is -4.44. The van der Waals surface area contributed by atoms with Crippen molar-refractivity contribution in [2.75, 3.05) is 19.8 Å². The molecule has 1 saturated heterocycles. The van der Waals surface area contributed by atoms with Gasteiger partial charge in [-0.15, -0.1) is 0 Å². The summed E-state index contributed by atoms with van der Waals surface area (Å²) in [5, 5.41) is 2.37. The molecule has 1 aromatic heterocycles. The number of nitrogens with zero attached hydrogens (tertiary/aromatic N) is 2. The van der Waals surface area contributed by atoms with Crippen LogP contribution in [-0.2, 0) is 17.5 Å². The highest BCUT2D eigenvalue weighted by molar-refractivity contribution is 5.76. The third-order valence-corrected chi connectivity index (χ3v) is 7.48. The van der Waals surface area contributed by atoms with E-state index in [2.05, 4.69) is 23.9 Å². The molecule has 0 bridgehead atoms. The molecule has 0 saturated carbocycles. The smallest absolute Gasteiger partial charge is 0.416 e. The average molecular weight is 524 g/mol. The largest absolute Gasteiger partial charge is 0.473 e. The Balaban J connectivity index is 1.34. The molecule has 1 aromatic carbocycles. The van der Waals surface area contributed by atoms with Crippen molar-refractivity contribution in [3.63, 3.8) is 0 Å². The molecule has 204 valence electrons. The first-order valence-electron chi connectivity index (χ1n) is 13.1. The van der Waals surface area contributed by atoms with Crippen molar-refractivity contribution in [2.45, 2.75) is 83.5 Å². The molecule has 3 heterocycles. The number of H-pyrrole nitrogens is 1. The molecule has 1 atom stereocenters. The Morgan fingerprint density at radius 2 is 1.89 bits per heavy atom. The number of piperidine rings is 1. The number of alkyl halides is 3. The van der Waals surface area contributed by atoms with E-state index in [1.807, 2.05) is 0 Å². The zero-order chi connectivity index (χ0) is 26.6. The van der Waals surface area contributed by atoms with Crippen LogP contribution >= 0.6 is 0 Å². The minimum absolute atomic E-state index is 0.0441. The molecule has 37 heavy (non-hydrogen) atoms.